The summed E-state index contributed by atoms with van der Waals surface area (Å²) >= 11 is 0. The van der Waals surface area contributed by atoms with Gasteiger partial charge in [-0.1, -0.05) is 19.0 Å². The average molecular weight is 249 g/mol. The first kappa shape index (κ1) is 12.5. The Hall–Kier alpha value is -1.91. The molecule has 0 aliphatic carbocycles. The number of halogens is 1. The molecule has 0 saturated heterocycles. The van der Waals surface area contributed by atoms with Crippen molar-refractivity contribution in [1.29, 1.82) is 0 Å². The van der Waals surface area contributed by atoms with Crippen LogP contribution in [0.5, 0.6) is 0 Å². The van der Waals surface area contributed by atoms with Crippen molar-refractivity contribution in [3.8, 4) is 11.5 Å². The van der Waals surface area contributed by atoms with Crippen LogP contribution >= 0.6 is 0 Å². The van der Waals surface area contributed by atoms with Crippen molar-refractivity contribution >= 4 is 5.69 Å². The normalized spacial score (nSPS) is 11.1. The molecule has 0 amide bonds. The number of nitrogens with zero attached hydrogens (tertiary/aromatic N) is 2. The monoisotopic (exact) mass is 249 g/mol. The highest BCUT2D eigenvalue weighted by molar-refractivity contribution is 5.70. The van der Waals surface area contributed by atoms with Crippen molar-refractivity contribution < 1.29 is 8.91 Å². The lowest BCUT2D eigenvalue weighted by Crippen LogP contribution is -1.94. The summed E-state index contributed by atoms with van der Waals surface area (Å²) in [5, 5.41) is 3.87. The fourth-order valence-electron chi connectivity index (χ4n) is 1.60. The van der Waals surface area contributed by atoms with Crippen molar-refractivity contribution in [3.05, 3.63) is 29.8 Å². The third-order valence-electron chi connectivity index (χ3n) is 2.66. The molecule has 0 fully saturated rings. The molecule has 0 atom stereocenters. The highest BCUT2D eigenvalue weighted by Gasteiger charge is 2.12. The number of benzene rings is 1. The minimum absolute atomic E-state index is 0.269. The van der Waals surface area contributed by atoms with Gasteiger partial charge >= 0.3 is 0 Å². The largest absolute Gasteiger partial charge is 0.398 e. The number of nitrogens with two attached hydrogens (primary N) is 1. The van der Waals surface area contributed by atoms with Gasteiger partial charge in [-0.2, -0.15) is 4.98 Å². The SMILES string of the molecule is CC(C)CCc1noc(-c2cc(F)ccc2N)n1. The second-order valence-electron chi connectivity index (χ2n) is 4.68. The first-order valence-corrected chi connectivity index (χ1v) is 5.94. The minimum atomic E-state index is -0.374. The van der Waals surface area contributed by atoms with Crippen molar-refractivity contribution in [3.63, 3.8) is 0 Å². The predicted molar refractivity (Wildman–Crippen MR) is 67.3 cm³/mol. The number of anilines is 1. The molecule has 2 N–H and O–H groups in total. The summed E-state index contributed by atoms with van der Waals surface area (Å²) in [4.78, 5) is 4.23. The van der Waals surface area contributed by atoms with Crippen LogP contribution in [0.3, 0.4) is 0 Å². The Bertz CT molecular complexity index is 537. The summed E-state index contributed by atoms with van der Waals surface area (Å²) in [5.41, 5.74) is 6.63. The zero-order valence-electron chi connectivity index (χ0n) is 10.5. The van der Waals surface area contributed by atoms with E-state index in [4.69, 9.17) is 10.3 Å². The van der Waals surface area contributed by atoms with Crippen LogP contribution in [0.15, 0.2) is 22.7 Å². The number of nitrogen functional groups attached to an aromatic ring is 1. The lowest BCUT2D eigenvalue weighted by atomic mass is 10.1. The van der Waals surface area contributed by atoms with E-state index in [1.807, 2.05) is 0 Å². The third-order valence-corrected chi connectivity index (χ3v) is 2.66. The van der Waals surface area contributed by atoms with E-state index in [0.717, 1.165) is 12.8 Å². The number of rotatable bonds is 4. The summed E-state index contributed by atoms with van der Waals surface area (Å²) < 4.78 is 18.3. The Morgan fingerprint density at radius 1 is 1.39 bits per heavy atom. The summed E-state index contributed by atoms with van der Waals surface area (Å²) in [7, 11) is 0. The third kappa shape index (κ3) is 2.85. The molecule has 96 valence electrons. The molecule has 5 heteroatoms. The number of aromatic nitrogens is 2. The Morgan fingerprint density at radius 2 is 2.17 bits per heavy atom. The van der Waals surface area contributed by atoms with Crippen molar-refractivity contribution in [2.75, 3.05) is 5.73 Å². The van der Waals surface area contributed by atoms with Gasteiger partial charge < -0.3 is 10.3 Å². The van der Waals surface area contributed by atoms with Crippen LogP contribution in [-0.4, -0.2) is 10.1 Å². The van der Waals surface area contributed by atoms with E-state index < -0.39 is 0 Å². The van der Waals surface area contributed by atoms with Crippen LogP contribution < -0.4 is 5.73 Å². The molecule has 0 aliphatic rings. The van der Waals surface area contributed by atoms with Gasteiger partial charge in [0, 0.05) is 12.1 Å². The second kappa shape index (κ2) is 5.16. The van der Waals surface area contributed by atoms with Crippen molar-refractivity contribution in [2.24, 2.45) is 5.92 Å². The molecule has 0 bridgehead atoms. The molecular formula is C13H16FN3O. The summed E-state index contributed by atoms with van der Waals surface area (Å²) in [6, 6.07) is 4.09. The lowest BCUT2D eigenvalue weighted by Gasteiger charge is -2.00. The van der Waals surface area contributed by atoms with Crippen molar-refractivity contribution in [1.82, 2.24) is 10.1 Å². The quantitative estimate of drug-likeness (QED) is 0.846. The maximum absolute atomic E-state index is 13.1. The topological polar surface area (TPSA) is 64.9 Å². The standard InChI is InChI=1S/C13H16FN3O/c1-8(2)3-6-12-16-13(18-17-12)10-7-9(14)4-5-11(10)15/h4-5,7-8H,3,6,15H2,1-2H3. The van der Waals surface area contributed by atoms with Gasteiger partial charge in [-0.25, -0.2) is 4.39 Å². The molecule has 1 heterocycles. The van der Waals surface area contributed by atoms with Crippen LogP contribution in [0.25, 0.3) is 11.5 Å². The van der Waals surface area contributed by atoms with Crippen molar-refractivity contribution in [2.45, 2.75) is 26.7 Å². The van der Waals surface area contributed by atoms with Crippen LogP contribution in [-0.2, 0) is 6.42 Å². The zero-order chi connectivity index (χ0) is 13.1. The van der Waals surface area contributed by atoms with Gasteiger partial charge in [0.05, 0.1) is 5.56 Å². The van der Waals surface area contributed by atoms with E-state index >= 15 is 0 Å². The molecule has 0 radical (unpaired) electrons. The van der Waals surface area contributed by atoms with Gasteiger partial charge in [0.2, 0.25) is 0 Å². The second-order valence-corrected chi connectivity index (χ2v) is 4.68. The van der Waals surface area contributed by atoms with E-state index in [-0.39, 0.29) is 11.7 Å². The maximum atomic E-state index is 13.1. The fourth-order valence-corrected chi connectivity index (χ4v) is 1.60. The number of aryl methyl sites for hydroxylation is 1. The smallest absolute Gasteiger partial charge is 0.260 e. The van der Waals surface area contributed by atoms with E-state index in [9.17, 15) is 4.39 Å². The van der Waals surface area contributed by atoms with E-state index in [1.54, 1.807) is 0 Å². The van der Waals surface area contributed by atoms with Gasteiger partial charge in [0.15, 0.2) is 5.82 Å². The number of hydrogen-bond acceptors (Lipinski definition) is 4. The first-order chi connectivity index (χ1) is 8.56. The lowest BCUT2D eigenvalue weighted by molar-refractivity contribution is 0.419. The molecule has 0 aliphatic heterocycles. The highest BCUT2D eigenvalue weighted by Crippen LogP contribution is 2.25. The van der Waals surface area contributed by atoms with Crippen LogP contribution in [0, 0.1) is 11.7 Å². The van der Waals surface area contributed by atoms with Crippen LogP contribution in [0.4, 0.5) is 10.1 Å². The molecule has 2 rings (SSSR count). The Balaban J connectivity index is 2.21. The Labute approximate surface area is 105 Å². The summed E-state index contributed by atoms with van der Waals surface area (Å²) in [6.45, 7) is 4.26. The summed E-state index contributed by atoms with van der Waals surface area (Å²) in [5.74, 6) is 1.10. The van der Waals surface area contributed by atoms with Gasteiger partial charge in [-0.3, -0.25) is 0 Å². The Kier molecular flexibility index (Phi) is 3.60. The van der Waals surface area contributed by atoms with Crippen LogP contribution in [0.2, 0.25) is 0 Å². The van der Waals surface area contributed by atoms with E-state index in [1.165, 1.54) is 18.2 Å². The molecule has 0 saturated carbocycles. The molecular weight excluding hydrogens is 233 g/mol. The van der Waals surface area contributed by atoms with Gasteiger partial charge in [0.1, 0.15) is 5.82 Å². The Morgan fingerprint density at radius 3 is 2.89 bits per heavy atom. The van der Waals surface area contributed by atoms with E-state index in [0.29, 0.717) is 23.0 Å². The molecule has 1 aromatic carbocycles. The minimum Gasteiger partial charge on any atom is -0.398 e. The van der Waals surface area contributed by atoms with E-state index in [2.05, 4.69) is 24.0 Å². The predicted octanol–water partition coefficient (Wildman–Crippen LogP) is 3.05. The average Bonchev–Trinajstić information content (AvgIpc) is 2.78. The maximum Gasteiger partial charge on any atom is 0.260 e. The molecule has 2 aromatic rings. The summed E-state index contributed by atoms with van der Waals surface area (Å²) in [6.07, 6.45) is 1.73. The molecule has 18 heavy (non-hydrogen) atoms. The molecule has 0 spiro atoms. The number of hydrogen-bond donors (Lipinski definition) is 1. The van der Waals surface area contributed by atoms with Gasteiger partial charge in [-0.05, 0) is 30.5 Å². The fraction of sp³-hybridized carbons (Fsp3) is 0.385. The zero-order valence-corrected chi connectivity index (χ0v) is 10.5. The van der Waals surface area contributed by atoms with Gasteiger partial charge in [0.25, 0.3) is 5.89 Å². The molecule has 0 unspecified atom stereocenters. The highest BCUT2D eigenvalue weighted by atomic mass is 19.1. The molecule has 4 nitrogen and oxygen atoms in total. The molecule has 1 aromatic heterocycles. The first-order valence-electron chi connectivity index (χ1n) is 5.94. The van der Waals surface area contributed by atoms with Crippen LogP contribution in [0.1, 0.15) is 26.1 Å². The van der Waals surface area contributed by atoms with Gasteiger partial charge in [-0.15, -0.1) is 0 Å².